The number of aromatic nitrogens is 3. The number of morpholine rings is 1. The fraction of sp³-hybridized carbons (Fsp3) is 0.500. The first-order valence-corrected chi connectivity index (χ1v) is 7.87. The van der Waals surface area contributed by atoms with E-state index >= 15 is 0 Å². The second-order valence-electron chi connectivity index (χ2n) is 5.60. The number of ether oxygens (including phenoxy) is 2. The molecule has 0 bridgehead atoms. The molecule has 7 nitrogen and oxygen atoms in total. The number of aromatic amines is 1. The summed E-state index contributed by atoms with van der Waals surface area (Å²) in [6.07, 6.45) is 0.831. The summed E-state index contributed by atoms with van der Waals surface area (Å²) >= 11 is 0. The number of nitrogens with one attached hydrogen (secondary N) is 1. The van der Waals surface area contributed by atoms with Crippen LogP contribution in [0.1, 0.15) is 23.3 Å². The zero-order valence-electron chi connectivity index (χ0n) is 13.4. The fourth-order valence-corrected chi connectivity index (χ4v) is 2.63. The highest BCUT2D eigenvalue weighted by molar-refractivity contribution is 5.32. The van der Waals surface area contributed by atoms with Crippen molar-refractivity contribution in [1.29, 1.82) is 0 Å². The van der Waals surface area contributed by atoms with Gasteiger partial charge in [0, 0.05) is 26.1 Å². The van der Waals surface area contributed by atoms with E-state index in [4.69, 9.17) is 15.2 Å². The van der Waals surface area contributed by atoms with Gasteiger partial charge in [-0.15, -0.1) is 0 Å². The van der Waals surface area contributed by atoms with Crippen LogP contribution < -0.4 is 10.5 Å². The highest BCUT2D eigenvalue weighted by Crippen LogP contribution is 2.21. The van der Waals surface area contributed by atoms with Crippen LogP contribution in [0.25, 0.3) is 0 Å². The molecule has 2 aromatic rings. The van der Waals surface area contributed by atoms with Gasteiger partial charge in [-0.05, 0) is 17.7 Å². The number of H-pyrrole nitrogens is 1. The van der Waals surface area contributed by atoms with Gasteiger partial charge in [0.15, 0.2) is 5.82 Å². The lowest BCUT2D eigenvalue weighted by Gasteiger charge is -2.25. The molecule has 1 fully saturated rings. The van der Waals surface area contributed by atoms with Gasteiger partial charge in [0.25, 0.3) is 0 Å². The second kappa shape index (κ2) is 7.54. The number of nitrogens with zero attached hydrogens (tertiary/aromatic N) is 3. The maximum absolute atomic E-state index is 6.26. The van der Waals surface area contributed by atoms with Gasteiger partial charge in [0.2, 0.25) is 0 Å². The Kier molecular flexibility index (Phi) is 5.22. The zero-order chi connectivity index (χ0) is 16.1. The molecular weight excluding hydrogens is 294 g/mol. The Labute approximate surface area is 135 Å². The predicted molar refractivity (Wildman–Crippen MR) is 86.4 cm³/mol. The first kappa shape index (κ1) is 15.9. The molecule has 1 aliphatic heterocycles. The first-order valence-electron chi connectivity index (χ1n) is 7.87. The van der Waals surface area contributed by atoms with E-state index in [9.17, 15) is 0 Å². The normalized spacial score (nSPS) is 17.1. The van der Waals surface area contributed by atoms with Crippen molar-refractivity contribution in [3.63, 3.8) is 0 Å². The third-order valence-electron chi connectivity index (χ3n) is 4.05. The summed E-state index contributed by atoms with van der Waals surface area (Å²) < 4.78 is 10.6. The molecule has 0 aliphatic carbocycles. The van der Waals surface area contributed by atoms with E-state index in [0.29, 0.717) is 5.82 Å². The largest absolute Gasteiger partial charge is 0.497 e. The summed E-state index contributed by atoms with van der Waals surface area (Å²) in [5.74, 6) is 2.25. The molecule has 7 heteroatoms. The number of hydrogen-bond donors (Lipinski definition) is 2. The minimum absolute atomic E-state index is 0.363. The second-order valence-corrected chi connectivity index (χ2v) is 5.60. The van der Waals surface area contributed by atoms with Crippen LogP contribution >= 0.6 is 0 Å². The molecule has 1 saturated heterocycles. The Morgan fingerprint density at radius 2 is 2.22 bits per heavy atom. The quantitative estimate of drug-likeness (QED) is 0.817. The van der Waals surface area contributed by atoms with Gasteiger partial charge in [-0.25, -0.2) is 4.98 Å². The van der Waals surface area contributed by atoms with Crippen LogP contribution in [0, 0.1) is 0 Å². The molecule has 1 unspecified atom stereocenters. The van der Waals surface area contributed by atoms with Crippen LogP contribution in [0.5, 0.6) is 5.75 Å². The number of nitrogens with two attached hydrogens (primary N) is 1. The average Bonchev–Trinajstić information content (AvgIpc) is 3.09. The van der Waals surface area contributed by atoms with Crippen molar-refractivity contribution in [1.82, 2.24) is 20.1 Å². The molecule has 2 heterocycles. The van der Waals surface area contributed by atoms with Crippen molar-refractivity contribution in [2.75, 3.05) is 40.0 Å². The van der Waals surface area contributed by atoms with Crippen LogP contribution in [-0.2, 0) is 11.2 Å². The minimum Gasteiger partial charge on any atom is -0.497 e. The Morgan fingerprint density at radius 1 is 1.39 bits per heavy atom. The summed E-state index contributed by atoms with van der Waals surface area (Å²) in [6, 6.07) is 7.31. The van der Waals surface area contributed by atoms with Crippen LogP contribution in [-0.4, -0.2) is 60.0 Å². The lowest BCUT2D eigenvalue weighted by atomic mass is 10.1. The standard InChI is InChI=1S/C16H23N5O2/c1-22-13-4-2-3-12(11-13)15(17)16-18-14(19-20-16)5-6-21-7-9-23-10-8-21/h2-4,11,15H,5-10,17H2,1H3,(H,18,19,20). The predicted octanol–water partition coefficient (Wildman–Crippen LogP) is 0.736. The molecule has 1 atom stereocenters. The summed E-state index contributed by atoms with van der Waals surface area (Å²) in [6.45, 7) is 4.52. The highest BCUT2D eigenvalue weighted by atomic mass is 16.5. The van der Waals surface area contributed by atoms with Gasteiger partial charge in [0.05, 0.1) is 26.4 Å². The molecule has 1 aliphatic rings. The van der Waals surface area contributed by atoms with Gasteiger partial charge in [-0.1, -0.05) is 12.1 Å². The van der Waals surface area contributed by atoms with E-state index in [0.717, 1.165) is 56.4 Å². The van der Waals surface area contributed by atoms with E-state index < -0.39 is 0 Å². The SMILES string of the molecule is COc1cccc(C(N)c2n[nH]c(CCN3CCOCC3)n2)c1. The summed E-state index contributed by atoms with van der Waals surface area (Å²) in [5, 5.41) is 7.26. The Balaban J connectivity index is 1.61. The van der Waals surface area contributed by atoms with Crippen LogP contribution in [0.4, 0.5) is 0 Å². The average molecular weight is 317 g/mol. The van der Waals surface area contributed by atoms with E-state index in [-0.39, 0.29) is 6.04 Å². The third kappa shape index (κ3) is 4.07. The smallest absolute Gasteiger partial charge is 0.171 e. The molecule has 3 N–H and O–H groups in total. The van der Waals surface area contributed by atoms with Gasteiger partial charge < -0.3 is 15.2 Å². The molecule has 0 amide bonds. The molecule has 124 valence electrons. The van der Waals surface area contributed by atoms with E-state index in [1.54, 1.807) is 7.11 Å². The van der Waals surface area contributed by atoms with Crippen molar-refractivity contribution in [2.45, 2.75) is 12.5 Å². The molecule has 1 aromatic heterocycles. The first-order chi connectivity index (χ1) is 11.3. The number of rotatable bonds is 6. The van der Waals surface area contributed by atoms with Crippen molar-refractivity contribution >= 4 is 0 Å². The topological polar surface area (TPSA) is 89.3 Å². The zero-order valence-corrected chi connectivity index (χ0v) is 13.4. The number of benzene rings is 1. The van der Waals surface area contributed by atoms with Gasteiger partial charge in [-0.3, -0.25) is 10.00 Å². The number of hydrogen-bond acceptors (Lipinski definition) is 6. The molecular formula is C16H23N5O2. The Hall–Kier alpha value is -1.96. The monoisotopic (exact) mass is 317 g/mol. The summed E-state index contributed by atoms with van der Waals surface area (Å²) in [5.41, 5.74) is 7.20. The minimum atomic E-state index is -0.363. The third-order valence-corrected chi connectivity index (χ3v) is 4.05. The highest BCUT2D eigenvalue weighted by Gasteiger charge is 2.16. The lowest BCUT2D eigenvalue weighted by molar-refractivity contribution is 0.0382. The lowest BCUT2D eigenvalue weighted by Crippen LogP contribution is -2.37. The Morgan fingerprint density at radius 3 is 3.00 bits per heavy atom. The maximum atomic E-state index is 6.26. The summed E-state index contributed by atoms with van der Waals surface area (Å²) in [4.78, 5) is 6.90. The fourth-order valence-electron chi connectivity index (χ4n) is 2.63. The van der Waals surface area contributed by atoms with Crippen molar-refractivity contribution in [2.24, 2.45) is 5.73 Å². The van der Waals surface area contributed by atoms with Crippen molar-refractivity contribution in [3.05, 3.63) is 41.5 Å². The van der Waals surface area contributed by atoms with Crippen molar-refractivity contribution in [3.8, 4) is 5.75 Å². The van der Waals surface area contributed by atoms with Crippen LogP contribution in [0.2, 0.25) is 0 Å². The molecule has 23 heavy (non-hydrogen) atoms. The number of methoxy groups -OCH3 is 1. The molecule has 1 aromatic carbocycles. The van der Waals surface area contributed by atoms with Gasteiger partial charge in [0.1, 0.15) is 11.6 Å². The van der Waals surface area contributed by atoms with E-state index in [1.807, 2.05) is 24.3 Å². The van der Waals surface area contributed by atoms with Crippen LogP contribution in [0.3, 0.4) is 0 Å². The van der Waals surface area contributed by atoms with Crippen molar-refractivity contribution < 1.29 is 9.47 Å². The summed E-state index contributed by atoms with van der Waals surface area (Å²) in [7, 11) is 1.64. The molecule has 3 rings (SSSR count). The molecule has 0 spiro atoms. The van der Waals surface area contributed by atoms with Gasteiger partial charge in [-0.2, -0.15) is 5.10 Å². The molecule has 0 radical (unpaired) electrons. The Bertz CT molecular complexity index is 624. The van der Waals surface area contributed by atoms with Crippen LogP contribution in [0.15, 0.2) is 24.3 Å². The maximum Gasteiger partial charge on any atom is 0.171 e. The van der Waals surface area contributed by atoms with E-state index in [2.05, 4.69) is 20.1 Å². The van der Waals surface area contributed by atoms with E-state index in [1.165, 1.54) is 0 Å². The van der Waals surface area contributed by atoms with Gasteiger partial charge >= 0.3 is 0 Å². The molecule has 0 saturated carbocycles.